The van der Waals surface area contributed by atoms with Crippen LogP contribution in [0, 0.1) is 0 Å². The Labute approximate surface area is 96.5 Å². The van der Waals surface area contributed by atoms with Crippen molar-refractivity contribution in [1.82, 2.24) is 5.16 Å². The molecule has 2 aromatic rings. The van der Waals surface area contributed by atoms with Crippen LogP contribution in [0.3, 0.4) is 0 Å². The monoisotopic (exact) mass is 269 g/mol. The highest BCUT2D eigenvalue weighted by molar-refractivity contribution is 9.09. The molecule has 0 amide bonds. The first-order chi connectivity index (χ1) is 7.35. The molecule has 0 aliphatic carbocycles. The van der Waals surface area contributed by atoms with Crippen LogP contribution in [-0.4, -0.2) is 17.1 Å². The minimum atomic E-state index is 0.661. The summed E-state index contributed by atoms with van der Waals surface area (Å²) < 4.78 is 10.6. The molecule has 0 bridgehead atoms. The molecule has 1 aromatic heterocycles. The largest absolute Gasteiger partial charge is 0.494 e. The third-order valence-electron chi connectivity index (χ3n) is 2.16. The van der Waals surface area contributed by atoms with Crippen molar-refractivity contribution in [2.24, 2.45) is 0 Å². The van der Waals surface area contributed by atoms with Crippen molar-refractivity contribution in [2.45, 2.75) is 13.3 Å². The topological polar surface area (TPSA) is 35.3 Å². The molecule has 0 saturated carbocycles. The lowest BCUT2D eigenvalue weighted by atomic mass is 10.2. The second kappa shape index (κ2) is 4.66. The molecule has 2 rings (SSSR count). The first kappa shape index (κ1) is 10.5. The molecule has 80 valence electrons. The zero-order valence-electron chi connectivity index (χ0n) is 8.50. The van der Waals surface area contributed by atoms with Gasteiger partial charge in [0.05, 0.1) is 12.3 Å². The highest BCUT2D eigenvalue weighted by Crippen LogP contribution is 2.24. The van der Waals surface area contributed by atoms with Crippen LogP contribution in [0.5, 0.6) is 5.75 Å². The highest BCUT2D eigenvalue weighted by atomic mass is 79.9. The quantitative estimate of drug-likeness (QED) is 0.800. The van der Waals surface area contributed by atoms with E-state index in [-0.39, 0.29) is 0 Å². The molecule has 0 spiro atoms. The fourth-order valence-electron chi connectivity index (χ4n) is 1.50. The average Bonchev–Trinajstić information content (AvgIpc) is 2.62. The lowest BCUT2D eigenvalue weighted by Gasteiger charge is -2.00. The van der Waals surface area contributed by atoms with Crippen molar-refractivity contribution in [1.29, 1.82) is 0 Å². The van der Waals surface area contributed by atoms with Crippen LogP contribution >= 0.6 is 15.9 Å². The molecule has 0 saturated heterocycles. The number of alkyl halides is 1. The maximum Gasteiger partial charge on any atom is 0.170 e. The van der Waals surface area contributed by atoms with Gasteiger partial charge in [0.15, 0.2) is 5.58 Å². The number of ether oxygens (including phenoxy) is 1. The first-order valence-electron chi connectivity index (χ1n) is 4.92. The fourth-order valence-corrected chi connectivity index (χ4v) is 1.87. The SMILES string of the molecule is CCOc1ccc2c(CCBr)noc2c1. The summed E-state index contributed by atoms with van der Waals surface area (Å²) in [5.74, 6) is 0.826. The Hall–Kier alpha value is -1.03. The van der Waals surface area contributed by atoms with Crippen molar-refractivity contribution < 1.29 is 9.26 Å². The van der Waals surface area contributed by atoms with Crippen LogP contribution < -0.4 is 4.74 Å². The molecule has 1 heterocycles. The first-order valence-corrected chi connectivity index (χ1v) is 6.04. The number of fused-ring (bicyclic) bond motifs is 1. The molecule has 15 heavy (non-hydrogen) atoms. The van der Waals surface area contributed by atoms with Gasteiger partial charge >= 0.3 is 0 Å². The number of hydrogen-bond donors (Lipinski definition) is 0. The third kappa shape index (κ3) is 2.15. The van der Waals surface area contributed by atoms with Gasteiger partial charge in [-0.2, -0.15) is 0 Å². The zero-order chi connectivity index (χ0) is 10.7. The normalized spacial score (nSPS) is 10.8. The molecule has 0 unspecified atom stereocenters. The Morgan fingerprint density at radius 3 is 3.07 bits per heavy atom. The van der Waals surface area contributed by atoms with E-state index in [2.05, 4.69) is 21.1 Å². The standard InChI is InChI=1S/C11H12BrNO2/c1-2-14-8-3-4-9-10(5-6-12)13-15-11(9)7-8/h3-4,7H,2,5-6H2,1H3. The molecule has 0 N–H and O–H groups in total. The number of aryl methyl sites for hydroxylation is 1. The van der Waals surface area contributed by atoms with Crippen LogP contribution in [0.1, 0.15) is 12.6 Å². The van der Waals surface area contributed by atoms with Crippen LogP contribution in [-0.2, 0) is 6.42 Å². The van der Waals surface area contributed by atoms with E-state index in [0.717, 1.165) is 34.2 Å². The van der Waals surface area contributed by atoms with Crippen LogP contribution in [0.2, 0.25) is 0 Å². The van der Waals surface area contributed by atoms with Crippen molar-refractivity contribution in [3.05, 3.63) is 23.9 Å². The Morgan fingerprint density at radius 1 is 1.47 bits per heavy atom. The lowest BCUT2D eigenvalue weighted by molar-refractivity contribution is 0.339. The molecule has 0 radical (unpaired) electrons. The highest BCUT2D eigenvalue weighted by Gasteiger charge is 2.08. The molecule has 0 aliphatic heterocycles. The number of nitrogens with zero attached hydrogens (tertiary/aromatic N) is 1. The molecule has 3 nitrogen and oxygen atoms in total. The minimum Gasteiger partial charge on any atom is -0.494 e. The minimum absolute atomic E-state index is 0.661. The maximum atomic E-state index is 5.39. The van der Waals surface area contributed by atoms with E-state index in [4.69, 9.17) is 9.26 Å². The van der Waals surface area contributed by atoms with E-state index in [1.54, 1.807) is 0 Å². The van der Waals surface area contributed by atoms with Crippen LogP contribution in [0.4, 0.5) is 0 Å². The summed E-state index contributed by atoms with van der Waals surface area (Å²) in [6.07, 6.45) is 0.876. The summed E-state index contributed by atoms with van der Waals surface area (Å²) in [6.45, 7) is 2.62. The van der Waals surface area contributed by atoms with Crippen molar-refractivity contribution in [2.75, 3.05) is 11.9 Å². The second-order valence-corrected chi connectivity index (χ2v) is 3.95. The molecule has 0 aliphatic rings. The molecule has 1 aromatic carbocycles. The van der Waals surface area contributed by atoms with Gasteiger partial charge in [0.1, 0.15) is 5.75 Å². The summed E-state index contributed by atoms with van der Waals surface area (Å²) in [5, 5.41) is 5.98. The fraction of sp³-hybridized carbons (Fsp3) is 0.364. The third-order valence-corrected chi connectivity index (χ3v) is 2.56. The number of rotatable bonds is 4. The van der Waals surface area contributed by atoms with Gasteiger partial charge in [-0.1, -0.05) is 21.1 Å². The van der Waals surface area contributed by atoms with Crippen molar-refractivity contribution in [3.63, 3.8) is 0 Å². The van der Waals surface area contributed by atoms with Crippen molar-refractivity contribution >= 4 is 26.9 Å². The summed E-state index contributed by atoms with van der Waals surface area (Å²) in [6, 6.07) is 5.82. The molecule has 0 fully saturated rings. The molecule has 4 heteroatoms. The Bertz CT molecular complexity index is 453. The molecular formula is C11H12BrNO2. The zero-order valence-corrected chi connectivity index (χ0v) is 10.1. The van der Waals surface area contributed by atoms with E-state index in [1.165, 1.54) is 0 Å². The number of halogens is 1. The predicted octanol–water partition coefficient (Wildman–Crippen LogP) is 3.16. The Balaban J connectivity index is 2.38. The van der Waals surface area contributed by atoms with Gasteiger partial charge in [0.2, 0.25) is 0 Å². The average molecular weight is 270 g/mol. The van der Waals surface area contributed by atoms with Gasteiger partial charge in [0.25, 0.3) is 0 Å². The summed E-state index contributed by atoms with van der Waals surface area (Å²) in [5.41, 5.74) is 1.78. The van der Waals surface area contributed by atoms with Gasteiger partial charge in [-0.25, -0.2) is 0 Å². The van der Waals surface area contributed by atoms with Gasteiger partial charge in [-0.15, -0.1) is 0 Å². The number of hydrogen-bond acceptors (Lipinski definition) is 3. The van der Waals surface area contributed by atoms with E-state index in [1.807, 2.05) is 25.1 Å². The Morgan fingerprint density at radius 2 is 2.33 bits per heavy atom. The van der Waals surface area contributed by atoms with E-state index >= 15 is 0 Å². The van der Waals surface area contributed by atoms with Crippen LogP contribution in [0.25, 0.3) is 11.0 Å². The second-order valence-electron chi connectivity index (χ2n) is 3.16. The maximum absolute atomic E-state index is 5.39. The van der Waals surface area contributed by atoms with Gasteiger partial charge in [-0.05, 0) is 19.1 Å². The Kier molecular flexibility index (Phi) is 3.26. The number of benzene rings is 1. The summed E-state index contributed by atoms with van der Waals surface area (Å²) in [7, 11) is 0. The van der Waals surface area contributed by atoms with E-state index in [9.17, 15) is 0 Å². The van der Waals surface area contributed by atoms with Gasteiger partial charge < -0.3 is 9.26 Å². The molecule has 0 atom stereocenters. The smallest absolute Gasteiger partial charge is 0.170 e. The summed E-state index contributed by atoms with van der Waals surface area (Å²) in [4.78, 5) is 0. The van der Waals surface area contributed by atoms with E-state index < -0.39 is 0 Å². The van der Waals surface area contributed by atoms with Gasteiger partial charge in [0, 0.05) is 23.2 Å². The van der Waals surface area contributed by atoms with E-state index in [0.29, 0.717) is 6.61 Å². The summed E-state index contributed by atoms with van der Waals surface area (Å²) >= 11 is 3.39. The predicted molar refractivity (Wildman–Crippen MR) is 62.7 cm³/mol. The van der Waals surface area contributed by atoms with Crippen molar-refractivity contribution in [3.8, 4) is 5.75 Å². The van der Waals surface area contributed by atoms with Crippen LogP contribution in [0.15, 0.2) is 22.7 Å². The van der Waals surface area contributed by atoms with Gasteiger partial charge in [-0.3, -0.25) is 0 Å². The number of aromatic nitrogens is 1. The molecular weight excluding hydrogens is 258 g/mol. The lowest BCUT2D eigenvalue weighted by Crippen LogP contribution is -1.90.